The van der Waals surface area contributed by atoms with Crippen LogP contribution in [0.2, 0.25) is 0 Å². The number of nitriles is 1. The fourth-order valence-electron chi connectivity index (χ4n) is 3.84. The van der Waals surface area contributed by atoms with Crippen LogP contribution < -0.4 is 10.1 Å². The van der Waals surface area contributed by atoms with Crippen molar-refractivity contribution in [3.05, 3.63) is 48.2 Å². The Bertz CT molecular complexity index is 1140. The molecule has 0 radical (unpaired) electrons. The van der Waals surface area contributed by atoms with E-state index >= 15 is 0 Å². The lowest BCUT2D eigenvalue weighted by Crippen LogP contribution is -2.40. The Morgan fingerprint density at radius 3 is 2.75 bits per heavy atom. The molecule has 0 aliphatic carbocycles. The Balaban J connectivity index is 1.73. The van der Waals surface area contributed by atoms with Crippen molar-refractivity contribution in [1.29, 1.82) is 5.26 Å². The van der Waals surface area contributed by atoms with Crippen LogP contribution in [0.3, 0.4) is 0 Å². The first kappa shape index (κ1) is 23.1. The molecule has 168 valence electrons. The van der Waals surface area contributed by atoms with E-state index in [1.165, 1.54) is 0 Å². The maximum atomic E-state index is 13.0. The highest BCUT2D eigenvalue weighted by Gasteiger charge is 2.26. The molecule has 0 aliphatic rings. The predicted octanol–water partition coefficient (Wildman–Crippen LogP) is 3.40. The number of methoxy groups -OCH3 is 1. The standard InChI is InChI=1S/C24H29N5O3/c1-15(2)8-16(24(31)27-17(12-25)10-18-13-29(3)14-26-18)9-22(30)21-11-19-20(28-21)6-5-7-23(19)32-4/h5-7,11,13-17,28H,8-10H2,1-4H3,(H,27,31)/t16-,17+/m1/s1. The number of carbonyl (C=O) groups excluding carboxylic acids is 2. The van der Waals surface area contributed by atoms with Gasteiger partial charge in [0.05, 0.1) is 30.9 Å². The zero-order chi connectivity index (χ0) is 23.3. The highest BCUT2D eigenvalue weighted by atomic mass is 16.5. The summed E-state index contributed by atoms with van der Waals surface area (Å²) in [6.07, 6.45) is 4.38. The van der Waals surface area contributed by atoms with Gasteiger partial charge < -0.3 is 19.6 Å². The van der Waals surface area contributed by atoms with Crippen LogP contribution in [0.25, 0.3) is 10.9 Å². The van der Waals surface area contributed by atoms with Gasteiger partial charge in [0.25, 0.3) is 0 Å². The zero-order valence-corrected chi connectivity index (χ0v) is 18.9. The van der Waals surface area contributed by atoms with Gasteiger partial charge in [-0.25, -0.2) is 4.98 Å². The number of imidazole rings is 1. The number of nitrogens with one attached hydrogen (secondary N) is 2. The topological polar surface area (TPSA) is 113 Å². The number of hydrogen-bond donors (Lipinski definition) is 2. The van der Waals surface area contributed by atoms with Crippen molar-refractivity contribution in [2.45, 2.75) is 39.2 Å². The van der Waals surface area contributed by atoms with Gasteiger partial charge >= 0.3 is 0 Å². The number of benzene rings is 1. The summed E-state index contributed by atoms with van der Waals surface area (Å²) in [6, 6.07) is 8.75. The Morgan fingerprint density at radius 2 is 2.12 bits per heavy atom. The smallest absolute Gasteiger partial charge is 0.224 e. The molecule has 1 aromatic carbocycles. The summed E-state index contributed by atoms with van der Waals surface area (Å²) >= 11 is 0. The quantitative estimate of drug-likeness (QED) is 0.474. The molecule has 1 amide bonds. The van der Waals surface area contributed by atoms with E-state index in [1.807, 2.05) is 45.3 Å². The molecule has 0 bridgehead atoms. The van der Waals surface area contributed by atoms with E-state index in [0.717, 1.165) is 16.6 Å². The highest BCUT2D eigenvalue weighted by Crippen LogP contribution is 2.27. The first-order chi connectivity index (χ1) is 15.3. The van der Waals surface area contributed by atoms with E-state index in [-0.39, 0.29) is 24.0 Å². The number of aromatic amines is 1. The summed E-state index contributed by atoms with van der Waals surface area (Å²) in [5, 5.41) is 13.1. The fraction of sp³-hybridized carbons (Fsp3) is 0.417. The van der Waals surface area contributed by atoms with Crippen molar-refractivity contribution >= 4 is 22.6 Å². The number of carbonyl (C=O) groups is 2. The van der Waals surface area contributed by atoms with Crippen molar-refractivity contribution in [1.82, 2.24) is 19.9 Å². The lowest BCUT2D eigenvalue weighted by atomic mass is 9.90. The molecule has 8 heteroatoms. The van der Waals surface area contributed by atoms with Crippen LogP contribution in [0.1, 0.15) is 42.9 Å². The lowest BCUT2D eigenvalue weighted by Gasteiger charge is -2.20. The normalized spacial score (nSPS) is 13.0. The summed E-state index contributed by atoms with van der Waals surface area (Å²) in [7, 11) is 3.43. The number of ether oxygens (including phenoxy) is 1. The zero-order valence-electron chi connectivity index (χ0n) is 18.9. The van der Waals surface area contributed by atoms with Crippen molar-refractivity contribution in [3.63, 3.8) is 0 Å². The predicted molar refractivity (Wildman–Crippen MR) is 121 cm³/mol. The number of hydrogen-bond acceptors (Lipinski definition) is 5. The molecule has 32 heavy (non-hydrogen) atoms. The number of amides is 1. The Hall–Kier alpha value is -3.60. The average Bonchev–Trinajstić information content (AvgIpc) is 3.38. The average molecular weight is 436 g/mol. The van der Waals surface area contributed by atoms with E-state index < -0.39 is 12.0 Å². The lowest BCUT2D eigenvalue weighted by molar-refractivity contribution is -0.125. The largest absolute Gasteiger partial charge is 0.496 e. The second kappa shape index (κ2) is 10.1. The number of aromatic nitrogens is 3. The maximum absolute atomic E-state index is 13.0. The number of nitrogens with zero attached hydrogens (tertiary/aromatic N) is 3. The summed E-state index contributed by atoms with van der Waals surface area (Å²) in [5.41, 5.74) is 1.97. The molecule has 2 atom stereocenters. The third-order valence-corrected chi connectivity index (χ3v) is 5.35. The Morgan fingerprint density at radius 1 is 1.34 bits per heavy atom. The molecule has 2 aromatic heterocycles. The third-order valence-electron chi connectivity index (χ3n) is 5.35. The van der Waals surface area contributed by atoms with E-state index in [2.05, 4.69) is 21.4 Å². The molecule has 0 saturated heterocycles. The van der Waals surface area contributed by atoms with Crippen molar-refractivity contribution in [2.24, 2.45) is 18.9 Å². The maximum Gasteiger partial charge on any atom is 0.224 e. The van der Waals surface area contributed by atoms with Crippen LogP contribution in [0.5, 0.6) is 5.75 Å². The minimum atomic E-state index is -0.709. The first-order valence-corrected chi connectivity index (χ1v) is 10.7. The van der Waals surface area contributed by atoms with E-state index in [0.29, 0.717) is 24.3 Å². The molecule has 0 unspecified atom stereocenters. The van der Waals surface area contributed by atoms with Gasteiger partial charge in [0.15, 0.2) is 5.78 Å². The Labute approximate surface area is 187 Å². The van der Waals surface area contributed by atoms with Crippen molar-refractivity contribution < 1.29 is 14.3 Å². The molecule has 2 heterocycles. The van der Waals surface area contributed by atoms with Gasteiger partial charge in [0.2, 0.25) is 5.91 Å². The molecule has 0 saturated carbocycles. The minimum absolute atomic E-state index is 0.0564. The van der Waals surface area contributed by atoms with Crippen molar-refractivity contribution in [2.75, 3.05) is 7.11 Å². The van der Waals surface area contributed by atoms with Gasteiger partial charge in [-0.15, -0.1) is 0 Å². The summed E-state index contributed by atoms with van der Waals surface area (Å²) < 4.78 is 7.16. The summed E-state index contributed by atoms with van der Waals surface area (Å²) in [5.74, 6) is -0.0701. The number of Topliss-reactive ketones (excluding diaryl/α,β-unsaturated/α-hetero) is 1. The second-order valence-corrected chi connectivity index (χ2v) is 8.48. The molecule has 2 N–H and O–H groups in total. The van der Waals surface area contributed by atoms with E-state index in [9.17, 15) is 14.9 Å². The second-order valence-electron chi connectivity index (χ2n) is 8.48. The Kier molecular flexibility index (Phi) is 7.31. The molecule has 0 aliphatic heterocycles. The number of rotatable bonds is 10. The fourth-order valence-corrected chi connectivity index (χ4v) is 3.84. The van der Waals surface area contributed by atoms with Crippen LogP contribution in [0, 0.1) is 23.2 Å². The number of fused-ring (bicyclic) bond motifs is 1. The van der Waals surface area contributed by atoms with Crippen LogP contribution in [0.15, 0.2) is 36.8 Å². The van der Waals surface area contributed by atoms with Crippen molar-refractivity contribution in [3.8, 4) is 11.8 Å². The van der Waals surface area contributed by atoms with Gasteiger partial charge in [0.1, 0.15) is 11.8 Å². The summed E-state index contributed by atoms with van der Waals surface area (Å²) in [4.78, 5) is 33.4. The monoisotopic (exact) mass is 435 g/mol. The van der Waals surface area contributed by atoms with Gasteiger partial charge in [-0.05, 0) is 30.5 Å². The third kappa shape index (κ3) is 5.55. The van der Waals surface area contributed by atoms with Crippen LogP contribution in [-0.2, 0) is 18.3 Å². The molecule has 8 nitrogen and oxygen atoms in total. The minimum Gasteiger partial charge on any atom is -0.496 e. The molecular formula is C24H29N5O3. The van der Waals surface area contributed by atoms with Crippen LogP contribution >= 0.6 is 0 Å². The number of H-pyrrole nitrogens is 1. The van der Waals surface area contributed by atoms with E-state index in [1.54, 1.807) is 24.1 Å². The molecule has 3 aromatic rings. The SMILES string of the molecule is COc1cccc2[nH]c(C(=O)C[C@@H](CC(C)C)C(=O)N[C@H](C#N)Cc3cn(C)cn3)cc12. The van der Waals surface area contributed by atoms with Gasteiger partial charge in [-0.2, -0.15) is 5.26 Å². The first-order valence-electron chi connectivity index (χ1n) is 10.7. The van der Waals surface area contributed by atoms with Gasteiger partial charge in [0, 0.05) is 42.9 Å². The molecule has 3 rings (SSSR count). The van der Waals surface area contributed by atoms with Crippen LogP contribution in [0.4, 0.5) is 0 Å². The molecule has 0 spiro atoms. The summed E-state index contributed by atoms with van der Waals surface area (Å²) in [6.45, 7) is 4.02. The van der Waals surface area contributed by atoms with Crippen LogP contribution in [-0.4, -0.2) is 39.4 Å². The highest BCUT2D eigenvalue weighted by molar-refractivity contribution is 6.02. The molecular weight excluding hydrogens is 406 g/mol. The molecule has 0 fully saturated rings. The van der Waals surface area contributed by atoms with Gasteiger partial charge in [-0.1, -0.05) is 19.9 Å². The van der Waals surface area contributed by atoms with E-state index in [4.69, 9.17) is 4.74 Å². The van der Waals surface area contributed by atoms with Gasteiger partial charge in [-0.3, -0.25) is 9.59 Å². The number of ketones is 1. The number of aryl methyl sites for hydroxylation is 1.